The molecule has 2 N–H and O–H groups in total. The van der Waals surface area contributed by atoms with Crippen LogP contribution in [0.4, 0.5) is 0 Å². The number of hydrogen-bond donors (Lipinski definition) is 2. The fraction of sp³-hybridized carbons (Fsp3) is 0.111. The third kappa shape index (κ3) is 2.05. The van der Waals surface area contributed by atoms with Crippen molar-refractivity contribution in [3.05, 3.63) is 35.5 Å². The van der Waals surface area contributed by atoms with Gasteiger partial charge < -0.3 is 10.2 Å². The Balaban J connectivity index is 3.11. The topological polar surface area (TPSA) is 74.6 Å². The van der Waals surface area contributed by atoms with Gasteiger partial charge in [0.05, 0.1) is 11.1 Å². The van der Waals surface area contributed by atoms with E-state index in [1.807, 2.05) is 0 Å². The van der Waals surface area contributed by atoms with Crippen molar-refractivity contribution in [2.24, 2.45) is 0 Å². The Kier molecular flexibility index (Phi) is 2.64. The molecule has 1 rings (SSSR count). The number of carboxylic acids is 2. The highest BCUT2D eigenvalue weighted by molar-refractivity contribution is 6.05. The first-order valence-corrected chi connectivity index (χ1v) is 3.67. The molecule has 0 fully saturated rings. The summed E-state index contributed by atoms with van der Waals surface area (Å²) in [5.41, 5.74) is -0.334. The summed E-state index contributed by atoms with van der Waals surface area (Å²) in [6.45, 7) is 0. The van der Waals surface area contributed by atoms with Gasteiger partial charge in [-0.2, -0.15) is 0 Å². The second-order valence-electron chi connectivity index (χ2n) is 2.47. The maximum atomic E-state index is 10.6. The molecule has 0 saturated carbocycles. The number of carbonyl (C=O) groups is 2. The van der Waals surface area contributed by atoms with Crippen LogP contribution in [0, 0.1) is 0 Å². The second kappa shape index (κ2) is 3.71. The van der Waals surface area contributed by atoms with Crippen molar-refractivity contribution in [3.8, 4) is 0 Å². The van der Waals surface area contributed by atoms with Crippen LogP contribution >= 0.6 is 0 Å². The molecule has 0 amide bonds. The molecule has 0 aromatic carbocycles. The highest BCUT2D eigenvalue weighted by atomic mass is 16.4. The van der Waals surface area contributed by atoms with Crippen LogP contribution in [0.15, 0.2) is 35.5 Å². The fourth-order valence-corrected chi connectivity index (χ4v) is 1.02. The molecule has 0 spiro atoms. The van der Waals surface area contributed by atoms with Gasteiger partial charge in [0.2, 0.25) is 0 Å². The Labute approximate surface area is 74.5 Å². The molecule has 1 aliphatic carbocycles. The summed E-state index contributed by atoms with van der Waals surface area (Å²) in [7, 11) is 0. The Morgan fingerprint density at radius 2 is 1.77 bits per heavy atom. The van der Waals surface area contributed by atoms with E-state index < -0.39 is 11.9 Å². The molecule has 4 nitrogen and oxygen atoms in total. The van der Waals surface area contributed by atoms with Crippen LogP contribution in [0.2, 0.25) is 0 Å². The zero-order chi connectivity index (χ0) is 9.84. The van der Waals surface area contributed by atoms with Crippen molar-refractivity contribution in [3.63, 3.8) is 0 Å². The summed E-state index contributed by atoms with van der Waals surface area (Å²) in [6.07, 6.45) is 6.34. The lowest BCUT2D eigenvalue weighted by Crippen LogP contribution is -2.10. The van der Waals surface area contributed by atoms with E-state index in [0.717, 1.165) is 0 Å². The molecular formula is C9H8O4. The van der Waals surface area contributed by atoms with E-state index in [1.165, 1.54) is 18.2 Å². The normalized spacial score (nSPS) is 15.7. The van der Waals surface area contributed by atoms with Crippen LogP contribution in [-0.2, 0) is 9.59 Å². The van der Waals surface area contributed by atoms with E-state index in [4.69, 9.17) is 10.2 Å². The van der Waals surface area contributed by atoms with E-state index in [9.17, 15) is 9.59 Å². The van der Waals surface area contributed by atoms with Crippen molar-refractivity contribution in [2.45, 2.75) is 6.42 Å². The highest BCUT2D eigenvalue weighted by Gasteiger charge is 2.19. The number of carboxylic acid groups (broad SMARTS) is 2. The fourth-order valence-electron chi connectivity index (χ4n) is 1.02. The first-order chi connectivity index (χ1) is 6.13. The standard InChI is InChI=1S/C9H8O4/c10-8(11)6-4-2-1-3-5-7(6)9(12)13/h1-2,4-5H,3H2,(H,10,11)(H,12,13). The van der Waals surface area contributed by atoms with Crippen molar-refractivity contribution in [1.29, 1.82) is 0 Å². The number of hydrogen-bond acceptors (Lipinski definition) is 2. The van der Waals surface area contributed by atoms with Gasteiger partial charge in [0.25, 0.3) is 0 Å². The van der Waals surface area contributed by atoms with E-state index in [-0.39, 0.29) is 11.1 Å². The molecule has 0 aromatic rings. The lowest BCUT2D eigenvalue weighted by Gasteiger charge is -2.00. The van der Waals surface area contributed by atoms with Crippen LogP contribution in [-0.4, -0.2) is 22.2 Å². The summed E-state index contributed by atoms with van der Waals surface area (Å²) < 4.78 is 0. The molecule has 0 aliphatic heterocycles. The monoisotopic (exact) mass is 180 g/mol. The van der Waals surface area contributed by atoms with Crippen LogP contribution < -0.4 is 0 Å². The smallest absolute Gasteiger partial charge is 0.336 e. The van der Waals surface area contributed by atoms with E-state index in [0.29, 0.717) is 6.42 Å². The molecule has 0 bridgehead atoms. The summed E-state index contributed by atoms with van der Waals surface area (Å²) in [5.74, 6) is -2.43. The lowest BCUT2D eigenvalue weighted by atomic mass is 10.1. The van der Waals surface area contributed by atoms with Gasteiger partial charge in [-0.05, 0) is 12.5 Å². The van der Waals surface area contributed by atoms with Gasteiger partial charge in [0.15, 0.2) is 0 Å². The van der Waals surface area contributed by atoms with Gasteiger partial charge in [-0.25, -0.2) is 9.59 Å². The molecule has 0 atom stereocenters. The van der Waals surface area contributed by atoms with E-state index in [2.05, 4.69) is 0 Å². The molecule has 0 unspecified atom stereocenters. The van der Waals surface area contributed by atoms with Gasteiger partial charge in [0.1, 0.15) is 0 Å². The summed E-state index contributed by atoms with van der Waals surface area (Å²) in [6, 6.07) is 0. The quantitative estimate of drug-likeness (QED) is 0.663. The zero-order valence-electron chi connectivity index (χ0n) is 6.73. The molecule has 68 valence electrons. The summed E-state index contributed by atoms with van der Waals surface area (Å²) in [4.78, 5) is 21.2. The SMILES string of the molecule is O=C(O)C1=CC=CCC=C1C(=O)O. The van der Waals surface area contributed by atoms with Crippen LogP contribution in [0.5, 0.6) is 0 Å². The Hall–Kier alpha value is -1.84. The maximum Gasteiger partial charge on any atom is 0.336 e. The van der Waals surface area contributed by atoms with Crippen molar-refractivity contribution in [1.82, 2.24) is 0 Å². The van der Waals surface area contributed by atoms with Crippen LogP contribution in [0.1, 0.15) is 6.42 Å². The van der Waals surface area contributed by atoms with Crippen LogP contribution in [0.25, 0.3) is 0 Å². The first kappa shape index (κ1) is 9.25. The Morgan fingerprint density at radius 1 is 1.15 bits per heavy atom. The third-order valence-corrected chi connectivity index (χ3v) is 1.61. The predicted molar refractivity (Wildman–Crippen MR) is 45.2 cm³/mol. The first-order valence-electron chi connectivity index (χ1n) is 3.67. The van der Waals surface area contributed by atoms with Gasteiger partial charge in [-0.15, -0.1) is 0 Å². The zero-order valence-corrected chi connectivity index (χ0v) is 6.73. The average Bonchev–Trinajstić information content (AvgIpc) is 2.27. The molecule has 0 aromatic heterocycles. The lowest BCUT2D eigenvalue weighted by molar-refractivity contribution is -0.136. The largest absolute Gasteiger partial charge is 0.478 e. The third-order valence-electron chi connectivity index (χ3n) is 1.61. The van der Waals surface area contributed by atoms with Gasteiger partial charge in [0, 0.05) is 0 Å². The molecule has 0 saturated heterocycles. The molecule has 1 aliphatic rings. The molecule has 13 heavy (non-hydrogen) atoms. The Bertz CT molecular complexity index is 334. The molecule has 0 heterocycles. The summed E-state index contributed by atoms with van der Waals surface area (Å²) >= 11 is 0. The van der Waals surface area contributed by atoms with Crippen LogP contribution in [0.3, 0.4) is 0 Å². The Morgan fingerprint density at radius 3 is 2.31 bits per heavy atom. The molecule has 0 radical (unpaired) electrons. The van der Waals surface area contributed by atoms with Gasteiger partial charge >= 0.3 is 11.9 Å². The van der Waals surface area contributed by atoms with E-state index >= 15 is 0 Å². The van der Waals surface area contributed by atoms with Crippen molar-refractivity contribution >= 4 is 11.9 Å². The summed E-state index contributed by atoms with van der Waals surface area (Å²) in [5, 5.41) is 17.4. The average molecular weight is 180 g/mol. The van der Waals surface area contributed by atoms with E-state index in [1.54, 1.807) is 6.08 Å². The maximum absolute atomic E-state index is 10.6. The van der Waals surface area contributed by atoms with Gasteiger partial charge in [-0.3, -0.25) is 0 Å². The van der Waals surface area contributed by atoms with Crippen molar-refractivity contribution < 1.29 is 19.8 Å². The minimum absolute atomic E-state index is 0.155. The minimum atomic E-state index is -1.22. The highest BCUT2D eigenvalue weighted by Crippen LogP contribution is 2.15. The molecular weight excluding hydrogens is 172 g/mol. The number of rotatable bonds is 2. The minimum Gasteiger partial charge on any atom is -0.478 e. The van der Waals surface area contributed by atoms with Gasteiger partial charge in [-0.1, -0.05) is 18.2 Å². The number of allylic oxidation sites excluding steroid dienone is 4. The molecule has 4 heteroatoms. The second-order valence-corrected chi connectivity index (χ2v) is 2.47. The van der Waals surface area contributed by atoms with Crippen molar-refractivity contribution in [2.75, 3.05) is 0 Å². The number of aliphatic carboxylic acids is 2. The predicted octanol–water partition coefficient (Wildman–Crippen LogP) is 0.968.